The van der Waals surface area contributed by atoms with Gasteiger partial charge in [-0.25, -0.2) is 0 Å². The van der Waals surface area contributed by atoms with E-state index in [1.165, 1.54) is 4.90 Å². The number of carbonyl (C=O) groups excluding carboxylic acids is 2. The van der Waals surface area contributed by atoms with Crippen molar-refractivity contribution in [3.63, 3.8) is 0 Å². The molecule has 1 aromatic carbocycles. The minimum atomic E-state index is -0.199. The van der Waals surface area contributed by atoms with E-state index in [4.69, 9.17) is 18.0 Å². The Bertz CT molecular complexity index is 554. The third kappa shape index (κ3) is 2.81. The first-order valence-corrected chi connectivity index (χ1v) is 6.66. The quantitative estimate of drug-likeness (QED) is 0.508. The molecule has 2 amide bonds. The van der Waals surface area contributed by atoms with E-state index in [1.54, 1.807) is 12.1 Å². The fraction of sp³-hybridized carbons (Fsp3) is 0.357. The van der Waals surface area contributed by atoms with Crippen molar-refractivity contribution in [1.82, 2.24) is 4.90 Å². The first kappa shape index (κ1) is 13.7. The number of hydrogen-bond acceptors (Lipinski definition) is 3. The fourth-order valence-electron chi connectivity index (χ4n) is 2.18. The number of unbranched alkanes of at least 4 members (excludes halogenated alkanes) is 1. The van der Waals surface area contributed by atoms with Crippen molar-refractivity contribution in [2.24, 2.45) is 5.73 Å². The summed E-state index contributed by atoms with van der Waals surface area (Å²) in [6.45, 7) is 2.33. The molecule has 0 unspecified atom stereocenters. The number of aryl methyl sites for hydroxylation is 1. The third-order valence-corrected chi connectivity index (χ3v) is 3.39. The molecule has 1 heterocycles. The van der Waals surface area contributed by atoms with E-state index in [0.717, 1.165) is 18.4 Å². The molecule has 19 heavy (non-hydrogen) atoms. The maximum atomic E-state index is 12.1. The molecular weight excluding hydrogens is 260 g/mol. The van der Waals surface area contributed by atoms with Gasteiger partial charge in [-0.15, -0.1) is 0 Å². The van der Waals surface area contributed by atoms with Gasteiger partial charge in [-0.1, -0.05) is 23.8 Å². The van der Waals surface area contributed by atoms with Crippen molar-refractivity contribution in [1.29, 1.82) is 0 Å². The van der Waals surface area contributed by atoms with Crippen LogP contribution in [0.3, 0.4) is 0 Å². The Morgan fingerprint density at radius 2 is 1.89 bits per heavy atom. The summed E-state index contributed by atoms with van der Waals surface area (Å²) in [5.74, 6) is -0.394. The largest absolute Gasteiger partial charge is 0.393 e. The second kappa shape index (κ2) is 5.48. The summed E-state index contributed by atoms with van der Waals surface area (Å²) in [6, 6.07) is 5.34. The van der Waals surface area contributed by atoms with E-state index in [2.05, 4.69) is 0 Å². The van der Waals surface area contributed by atoms with Crippen LogP contribution in [-0.2, 0) is 0 Å². The van der Waals surface area contributed by atoms with E-state index < -0.39 is 0 Å². The first-order chi connectivity index (χ1) is 9.00. The van der Waals surface area contributed by atoms with Crippen molar-refractivity contribution in [2.45, 2.75) is 26.2 Å². The molecule has 0 spiro atoms. The number of benzene rings is 1. The number of nitrogens with two attached hydrogens (primary N) is 1. The zero-order valence-electron chi connectivity index (χ0n) is 10.8. The van der Waals surface area contributed by atoms with E-state index in [-0.39, 0.29) is 11.8 Å². The molecule has 4 nitrogen and oxygen atoms in total. The van der Waals surface area contributed by atoms with Gasteiger partial charge in [0, 0.05) is 6.54 Å². The Balaban J connectivity index is 2.04. The van der Waals surface area contributed by atoms with Gasteiger partial charge >= 0.3 is 0 Å². The number of fused-ring (bicyclic) bond motifs is 1. The van der Waals surface area contributed by atoms with Crippen LogP contribution in [0.5, 0.6) is 0 Å². The van der Waals surface area contributed by atoms with Gasteiger partial charge in [0.25, 0.3) is 11.8 Å². The Morgan fingerprint density at radius 1 is 1.21 bits per heavy atom. The first-order valence-electron chi connectivity index (χ1n) is 6.26. The zero-order valence-corrected chi connectivity index (χ0v) is 11.6. The van der Waals surface area contributed by atoms with E-state index >= 15 is 0 Å². The predicted octanol–water partition coefficient (Wildman–Crippen LogP) is 2.05. The van der Waals surface area contributed by atoms with Crippen molar-refractivity contribution < 1.29 is 9.59 Å². The predicted molar refractivity (Wildman–Crippen MR) is 77.2 cm³/mol. The van der Waals surface area contributed by atoms with E-state index in [9.17, 15) is 9.59 Å². The molecule has 0 radical (unpaired) electrons. The molecular formula is C14H16N2O2S. The molecule has 0 aromatic heterocycles. The lowest BCUT2D eigenvalue weighted by atomic mass is 10.1. The van der Waals surface area contributed by atoms with Crippen LogP contribution in [0.25, 0.3) is 0 Å². The number of hydrogen-bond donors (Lipinski definition) is 1. The molecule has 0 aliphatic carbocycles. The Labute approximate surface area is 117 Å². The summed E-state index contributed by atoms with van der Waals surface area (Å²) in [5, 5.41) is 0. The van der Waals surface area contributed by atoms with E-state index in [0.29, 0.717) is 29.1 Å². The summed E-state index contributed by atoms with van der Waals surface area (Å²) in [6.07, 6.45) is 2.17. The summed E-state index contributed by atoms with van der Waals surface area (Å²) in [5.41, 5.74) is 7.41. The molecule has 2 rings (SSSR count). The van der Waals surface area contributed by atoms with Crippen molar-refractivity contribution in [2.75, 3.05) is 6.54 Å². The summed E-state index contributed by atoms with van der Waals surface area (Å²) < 4.78 is 0. The lowest BCUT2D eigenvalue weighted by molar-refractivity contribution is 0.0652. The average Bonchev–Trinajstić information content (AvgIpc) is 2.58. The number of imide groups is 1. The summed E-state index contributed by atoms with van der Waals surface area (Å²) in [7, 11) is 0. The third-order valence-electron chi connectivity index (χ3n) is 3.18. The number of nitrogens with zero attached hydrogens (tertiary/aromatic N) is 1. The van der Waals surface area contributed by atoms with Crippen LogP contribution >= 0.6 is 12.2 Å². The Morgan fingerprint density at radius 3 is 2.58 bits per heavy atom. The summed E-state index contributed by atoms with van der Waals surface area (Å²) in [4.78, 5) is 26.0. The van der Waals surface area contributed by atoms with Crippen LogP contribution in [0.1, 0.15) is 45.5 Å². The molecule has 0 bridgehead atoms. The smallest absolute Gasteiger partial charge is 0.261 e. The normalized spacial score (nSPS) is 13.8. The van der Waals surface area contributed by atoms with Crippen molar-refractivity contribution in [3.05, 3.63) is 34.9 Å². The lowest BCUT2D eigenvalue weighted by Gasteiger charge is -2.13. The van der Waals surface area contributed by atoms with Gasteiger partial charge in [0.2, 0.25) is 0 Å². The topological polar surface area (TPSA) is 63.4 Å². The minimum Gasteiger partial charge on any atom is -0.393 e. The Hall–Kier alpha value is -1.75. The van der Waals surface area contributed by atoms with Crippen LogP contribution in [0.4, 0.5) is 0 Å². The number of rotatable bonds is 5. The highest BCUT2D eigenvalue weighted by Crippen LogP contribution is 2.24. The molecule has 0 fully saturated rings. The highest BCUT2D eigenvalue weighted by atomic mass is 32.1. The van der Waals surface area contributed by atoms with Gasteiger partial charge in [-0.3, -0.25) is 14.5 Å². The molecule has 1 aliphatic rings. The van der Waals surface area contributed by atoms with Gasteiger partial charge in [-0.2, -0.15) is 0 Å². The van der Waals surface area contributed by atoms with Gasteiger partial charge < -0.3 is 5.73 Å². The minimum absolute atomic E-state index is 0.195. The van der Waals surface area contributed by atoms with Gasteiger partial charge in [0.15, 0.2) is 0 Å². The maximum absolute atomic E-state index is 12.1. The second-order valence-electron chi connectivity index (χ2n) is 4.73. The highest BCUT2D eigenvalue weighted by molar-refractivity contribution is 7.80. The average molecular weight is 276 g/mol. The molecule has 2 N–H and O–H groups in total. The maximum Gasteiger partial charge on any atom is 0.261 e. The molecule has 0 atom stereocenters. The van der Waals surface area contributed by atoms with Crippen LogP contribution in [-0.4, -0.2) is 28.2 Å². The van der Waals surface area contributed by atoms with Gasteiger partial charge in [-0.05, 0) is 38.3 Å². The highest BCUT2D eigenvalue weighted by Gasteiger charge is 2.34. The lowest BCUT2D eigenvalue weighted by Crippen LogP contribution is -2.30. The molecule has 100 valence electrons. The van der Waals surface area contributed by atoms with E-state index in [1.807, 2.05) is 13.0 Å². The molecule has 1 aromatic rings. The molecule has 5 heteroatoms. The van der Waals surface area contributed by atoms with Crippen LogP contribution in [0, 0.1) is 6.92 Å². The molecule has 1 aliphatic heterocycles. The standard InChI is InChI=1S/C14H16N2O2S/c1-9-5-6-10-11(8-9)14(18)16(13(10)17)7-3-2-4-12(15)19/h5-6,8H,2-4,7H2,1H3,(H2,15,19). The SMILES string of the molecule is Cc1ccc2c(c1)C(=O)N(CCCCC(N)=S)C2=O. The van der Waals surface area contributed by atoms with Crippen molar-refractivity contribution in [3.8, 4) is 0 Å². The van der Waals surface area contributed by atoms with Crippen LogP contribution < -0.4 is 5.73 Å². The molecule has 0 saturated heterocycles. The van der Waals surface area contributed by atoms with Crippen LogP contribution in [0.2, 0.25) is 0 Å². The zero-order chi connectivity index (χ0) is 14.0. The van der Waals surface area contributed by atoms with Gasteiger partial charge in [0.05, 0.1) is 16.1 Å². The number of amides is 2. The monoisotopic (exact) mass is 276 g/mol. The fourth-order valence-corrected chi connectivity index (χ4v) is 2.32. The Kier molecular flexibility index (Phi) is 3.95. The van der Waals surface area contributed by atoms with Gasteiger partial charge in [0.1, 0.15) is 0 Å². The van der Waals surface area contributed by atoms with Crippen LogP contribution in [0.15, 0.2) is 18.2 Å². The summed E-state index contributed by atoms with van der Waals surface area (Å²) >= 11 is 4.79. The molecule has 0 saturated carbocycles. The number of carbonyl (C=O) groups is 2. The van der Waals surface area contributed by atoms with Crippen molar-refractivity contribution >= 4 is 29.0 Å². The second-order valence-corrected chi connectivity index (χ2v) is 5.26. The number of thiocarbonyl (C=S) groups is 1.